The SMILES string of the molecule is CCc1ccc(CCNc2c(C#N)cnc3cnccc23)cc1. The van der Waals surface area contributed by atoms with Gasteiger partial charge in [0.2, 0.25) is 0 Å². The summed E-state index contributed by atoms with van der Waals surface area (Å²) in [5.41, 5.74) is 4.82. The molecule has 0 saturated carbocycles. The predicted molar refractivity (Wildman–Crippen MR) is 92.3 cm³/mol. The summed E-state index contributed by atoms with van der Waals surface area (Å²) < 4.78 is 0. The van der Waals surface area contributed by atoms with Crippen LogP contribution in [0.3, 0.4) is 0 Å². The van der Waals surface area contributed by atoms with Gasteiger partial charge in [-0.05, 0) is 30.0 Å². The Morgan fingerprint density at radius 2 is 1.87 bits per heavy atom. The lowest BCUT2D eigenvalue weighted by Crippen LogP contribution is -2.07. The maximum absolute atomic E-state index is 9.31. The molecule has 1 N–H and O–H groups in total. The maximum atomic E-state index is 9.31. The van der Waals surface area contributed by atoms with Crippen molar-refractivity contribution in [2.45, 2.75) is 19.8 Å². The number of hydrogen-bond donors (Lipinski definition) is 1. The van der Waals surface area contributed by atoms with Crippen molar-refractivity contribution < 1.29 is 0 Å². The highest BCUT2D eigenvalue weighted by atomic mass is 14.9. The number of pyridine rings is 2. The van der Waals surface area contributed by atoms with Gasteiger partial charge in [-0.3, -0.25) is 9.97 Å². The van der Waals surface area contributed by atoms with Gasteiger partial charge in [-0.25, -0.2) is 0 Å². The minimum absolute atomic E-state index is 0.560. The zero-order chi connectivity index (χ0) is 16.1. The molecule has 3 rings (SSSR count). The van der Waals surface area contributed by atoms with Gasteiger partial charge in [-0.15, -0.1) is 0 Å². The number of nitrogens with one attached hydrogen (secondary N) is 1. The lowest BCUT2D eigenvalue weighted by Gasteiger charge is -2.11. The van der Waals surface area contributed by atoms with Gasteiger partial charge in [0.1, 0.15) is 6.07 Å². The molecule has 3 aromatic rings. The Hall–Kier alpha value is -2.93. The minimum atomic E-state index is 0.560. The van der Waals surface area contributed by atoms with Crippen LogP contribution in [0.4, 0.5) is 5.69 Å². The van der Waals surface area contributed by atoms with Crippen molar-refractivity contribution in [3.63, 3.8) is 0 Å². The van der Waals surface area contributed by atoms with Crippen molar-refractivity contribution >= 4 is 16.6 Å². The number of anilines is 1. The summed E-state index contributed by atoms with van der Waals surface area (Å²) in [6, 6.07) is 12.8. The van der Waals surface area contributed by atoms with Crippen LogP contribution in [0.1, 0.15) is 23.6 Å². The van der Waals surface area contributed by atoms with Crippen molar-refractivity contribution in [3.05, 3.63) is 65.6 Å². The molecule has 0 radical (unpaired) electrons. The van der Waals surface area contributed by atoms with Crippen LogP contribution in [-0.4, -0.2) is 16.5 Å². The number of nitriles is 1. The molecule has 4 nitrogen and oxygen atoms in total. The molecule has 2 aromatic heterocycles. The van der Waals surface area contributed by atoms with Crippen LogP contribution in [0.25, 0.3) is 10.9 Å². The largest absolute Gasteiger partial charge is 0.383 e. The van der Waals surface area contributed by atoms with E-state index in [4.69, 9.17) is 0 Å². The number of aromatic nitrogens is 2. The molecule has 0 aliphatic rings. The molecule has 0 atom stereocenters. The van der Waals surface area contributed by atoms with Gasteiger partial charge in [0.05, 0.1) is 23.0 Å². The first-order valence-corrected chi connectivity index (χ1v) is 7.76. The lowest BCUT2D eigenvalue weighted by atomic mass is 10.1. The first-order valence-electron chi connectivity index (χ1n) is 7.76. The van der Waals surface area contributed by atoms with E-state index in [-0.39, 0.29) is 0 Å². The summed E-state index contributed by atoms with van der Waals surface area (Å²) in [6.07, 6.45) is 7.00. The first kappa shape index (κ1) is 15.0. The molecule has 0 fully saturated rings. The zero-order valence-corrected chi connectivity index (χ0v) is 13.1. The molecule has 23 heavy (non-hydrogen) atoms. The average molecular weight is 302 g/mol. The van der Waals surface area contributed by atoms with Crippen molar-refractivity contribution in [2.75, 3.05) is 11.9 Å². The molecule has 0 saturated heterocycles. The van der Waals surface area contributed by atoms with E-state index in [0.717, 1.165) is 36.0 Å². The second kappa shape index (κ2) is 6.89. The highest BCUT2D eigenvalue weighted by Crippen LogP contribution is 2.24. The van der Waals surface area contributed by atoms with Gasteiger partial charge < -0.3 is 5.32 Å². The van der Waals surface area contributed by atoms with E-state index in [1.165, 1.54) is 11.1 Å². The fourth-order valence-electron chi connectivity index (χ4n) is 2.59. The highest BCUT2D eigenvalue weighted by molar-refractivity contribution is 5.93. The number of fused-ring (bicyclic) bond motifs is 1. The summed E-state index contributed by atoms with van der Waals surface area (Å²) in [6.45, 7) is 2.92. The van der Waals surface area contributed by atoms with E-state index in [1.54, 1.807) is 18.6 Å². The second-order valence-electron chi connectivity index (χ2n) is 5.40. The molecule has 0 aliphatic heterocycles. The van der Waals surface area contributed by atoms with Crippen LogP contribution in [0, 0.1) is 11.3 Å². The van der Waals surface area contributed by atoms with Crippen LogP contribution in [0.15, 0.2) is 48.9 Å². The fraction of sp³-hybridized carbons (Fsp3) is 0.211. The van der Waals surface area contributed by atoms with E-state index in [2.05, 4.69) is 52.5 Å². The smallest absolute Gasteiger partial charge is 0.103 e. The molecule has 1 aromatic carbocycles. The molecule has 0 amide bonds. The van der Waals surface area contributed by atoms with E-state index in [1.807, 2.05) is 6.07 Å². The van der Waals surface area contributed by atoms with E-state index < -0.39 is 0 Å². The Morgan fingerprint density at radius 1 is 1.09 bits per heavy atom. The van der Waals surface area contributed by atoms with Crippen molar-refractivity contribution in [1.82, 2.24) is 9.97 Å². The summed E-state index contributed by atoms with van der Waals surface area (Å²) >= 11 is 0. The lowest BCUT2D eigenvalue weighted by molar-refractivity contribution is 1.01. The standard InChI is InChI=1S/C19H18N4/c1-2-14-3-5-15(6-4-14)7-10-22-19-16(11-20)12-23-18-13-21-9-8-17(18)19/h3-6,8-9,12-13H,2,7,10H2,1H3,(H,22,23). The highest BCUT2D eigenvalue weighted by Gasteiger charge is 2.08. The van der Waals surface area contributed by atoms with Gasteiger partial charge >= 0.3 is 0 Å². The fourth-order valence-corrected chi connectivity index (χ4v) is 2.59. The Bertz CT molecular complexity index is 847. The number of aryl methyl sites for hydroxylation is 1. The van der Waals surface area contributed by atoms with Crippen LogP contribution in [-0.2, 0) is 12.8 Å². The molecule has 4 heteroatoms. The third-order valence-electron chi connectivity index (χ3n) is 3.94. The first-order chi connectivity index (χ1) is 11.3. The molecule has 0 bridgehead atoms. The van der Waals surface area contributed by atoms with E-state index in [0.29, 0.717) is 5.56 Å². The molecule has 114 valence electrons. The van der Waals surface area contributed by atoms with Crippen LogP contribution >= 0.6 is 0 Å². The minimum Gasteiger partial charge on any atom is -0.383 e. The zero-order valence-electron chi connectivity index (χ0n) is 13.1. The van der Waals surface area contributed by atoms with Gasteiger partial charge in [-0.1, -0.05) is 31.2 Å². The van der Waals surface area contributed by atoms with Gasteiger partial charge in [0, 0.05) is 24.3 Å². The summed E-state index contributed by atoms with van der Waals surface area (Å²) in [4.78, 5) is 8.35. The molecular formula is C19H18N4. The quantitative estimate of drug-likeness (QED) is 0.780. The van der Waals surface area contributed by atoms with Crippen LogP contribution in [0.5, 0.6) is 0 Å². The third kappa shape index (κ3) is 3.29. The van der Waals surface area contributed by atoms with Crippen molar-refractivity contribution in [3.8, 4) is 6.07 Å². The number of benzene rings is 1. The van der Waals surface area contributed by atoms with Gasteiger partial charge in [-0.2, -0.15) is 5.26 Å². The van der Waals surface area contributed by atoms with Gasteiger partial charge in [0.15, 0.2) is 0 Å². The van der Waals surface area contributed by atoms with E-state index >= 15 is 0 Å². The molecule has 0 unspecified atom stereocenters. The van der Waals surface area contributed by atoms with Crippen molar-refractivity contribution in [2.24, 2.45) is 0 Å². The normalized spacial score (nSPS) is 10.4. The Labute approximate surface area is 135 Å². The number of rotatable bonds is 5. The Morgan fingerprint density at radius 3 is 2.61 bits per heavy atom. The molecule has 0 aliphatic carbocycles. The summed E-state index contributed by atoms with van der Waals surface area (Å²) in [5, 5.41) is 13.6. The molecule has 0 spiro atoms. The summed E-state index contributed by atoms with van der Waals surface area (Å²) in [7, 11) is 0. The topological polar surface area (TPSA) is 61.6 Å². The molecular weight excluding hydrogens is 284 g/mol. The Balaban J connectivity index is 1.77. The third-order valence-corrected chi connectivity index (χ3v) is 3.94. The Kier molecular flexibility index (Phi) is 4.49. The average Bonchev–Trinajstić information content (AvgIpc) is 2.62. The second-order valence-corrected chi connectivity index (χ2v) is 5.40. The summed E-state index contributed by atoms with van der Waals surface area (Å²) in [5.74, 6) is 0. The van der Waals surface area contributed by atoms with Crippen LogP contribution < -0.4 is 5.32 Å². The van der Waals surface area contributed by atoms with E-state index in [9.17, 15) is 5.26 Å². The predicted octanol–water partition coefficient (Wildman–Crippen LogP) is 3.72. The van der Waals surface area contributed by atoms with Crippen molar-refractivity contribution in [1.29, 1.82) is 5.26 Å². The molecule has 2 heterocycles. The van der Waals surface area contributed by atoms with Gasteiger partial charge in [0.25, 0.3) is 0 Å². The monoisotopic (exact) mass is 302 g/mol. The number of hydrogen-bond acceptors (Lipinski definition) is 4. The van der Waals surface area contributed by atoms with Crippen LogP contribution in [0.2, 0.25) is 0 Å². The maximum Gasteiger partial charge on any atom is 0.103 e. The number of nitrogens with zero attached hydrogens (tertiary/aromatic N) is 3.